The third kappa shape index (κ3) is 3.82. The Morgan fingerprint density at radius 3 is 2.50 bits per heavy atom. The summed E-state index contributed by atoms with van der Waals surface area (Å²) in [5, 5.41) is 0. The van der Waals surface area contributed by atoms with Gasteiger partial charge in [0.05, 0.1) is 10.2 Å². The van der Waals surface area contributed by atoms with Crippen LogP contribution in [0, 0.1) is 11.6 Å². The number of para-hydroxylation sites is 1. The number of ether oxygens (including phenoxy) is 1. The van der Waals surface area contributed by atoms with Crippen molar-refractivity contribution >= 4 is 39.2 Å². The van der Waals surface area contributed by atoms with Crippen LogP contribution in [0.25, 0.3) is 10.2 Å². The number of nitrogens with zero attached hydrogens (tertiary/aromatic N) is 2. The molecule has 4 aromatic rings. The van der Waals surface area contributed by atoms with Gasteiger partial charge in [0.2, 0.25) is 5.90 Å². The Labute approximate surface area is 180 Å². The van der Waals surface area contributed by atoms with Crippen molar-refractivity contribution in [3.8, 4) is 0 Å². The zero-order valence-corrected chi connectivity index (χ0v) is 17.4. The van der Waals surface area contributed by atoms with Gasteiger partial charge in [0.1, 0.15) is 29.8 Å². The molecule has 5 rings (SSSR count). The van der Waals surface area contributed by atoms with E-state index in [0.717, 1.165) is 21.2 Å². The van der Waals surface area contributed by atoms with Gasteiger partial charge >= 0.3 is 0 Å². The Kier molecular flexibility index (Phi) is 5.23. The van der Waals surface area contributed by atoms with Gasteiger partial charge in [-0.15, -0.1) is 11.3 Å². The van der Waals surface area contributed by atoms with E-state index in [9.17, 15) is 8.78 Å². The zero-order valence-electron chi connectivity index (χ0n) is 15.7. The number of aliphatic imine (C=N–C) groups is 1. The summed E-state index contributed by atoms with van der Waals surface area (Å²) in [5.41, 5.74) is 2.95. The first kappa shape index (κ1) is 19.2. The first-order valence-corrected chi connectivity index (χ1v) is 11.2. The molecular weight excluding hydrogens is 422 g/mol. The second kappa shape index (κ2) is 8.16. The Hall–Kier alpha value is -2.77. The molecule has 3 aromatic carbocycles. The predicted octanol–water partition coefficient (Wildman–Crippen LogP) is 6.38. The maximum Gasteiger partial charge on any atom is 0.222 e. The van der Waals surface area contributed by atoms with Gasteiger partial charge < -0.3 is 4.74 Å². The lowest BCUT2D eigenvalue weighted by Crippen LogP contribution is -2.07. The molecule has 0 N–H and O–H groups in total. The quantitative estimate of drug-likeness (QED) is 0.339. The summed E-state index contributed by atoms with van der Waals surface area (Å²) in [6.07, 6.45) is 0. The molecule has 2 heterocycles. The van der Waals surface area contributed by atoms with E-state index in [1.54, 1.807) is 23.1 Å². The van der Waals surface area contributed by atoms with E-state index < -0.39 is 11.6 Å². The molecule has 0 radical (unpaired) electrons. The third-order valence-corrected chi connectivity index (χ3v) is 7.08. The van der Waals surface area contributed by atoms with Crippen LogP contribution < -0.4 is 0 Å². The van der Waals surface area contributed by atoms with Gasteiger partial charge in [-0.3, -0.25) is 0 Å². The van der Waals surface area contributed by atoms with Crippen molar-refractivity contribution in [1.29, 1.82) is 0 Å². The molecule has 3 nitrogen and oxygen atoms in total. The summed E-state index contributed by atoms with van der Waals surface area (Å²) in [6, 6.07) is 19.7. The molecule has 0 bridgehead atoms. The van der Waals surface area contributed by atoms with Crippen LogP contribution in [-0.2, 0) is 10.5 Å². The normalized spacial score (nSPS) is 15.9. The molecule has 1 unspecified atom stereocenters. The van der Waals surface area contributed by atoms with Gasteiger partial charge in [0.15, 0.2) is 4.34 Å². The first-order chi connectivity index (χ1) is 14.7. The van der Waals surface area contributed by atoms with Crippen LogP contribution in [-0.4, -0.2) is 17.5 Å². The Bertz CT molecular complexity index is 1180. The molecular formula is C23H16F2N2OS2. The van der Waals surface area contributed by atoms with Crippen molar-refractivity contribution in [2.45, 2.75) is 16.1 Å². The van der Waals surface area contributed by atoms with Gasteiger partial charge in [0.25, 0.3) is 0 Å². The predicted molar refractivity (Wildman–Crippen MR) is 117 cm³/mol. The van der Waals surface area contributed by atoms with Crippen LogP contribution in [0.4, 0.5) is 8.78 Å². The lowest BCUT2D eigenvalue weighted by molar-refractivity contribution is 0.317. The summed E-state index contributed by atoms with van der Waals surface area (Å²) in [4.78, 5) is 9.04. The van der Waals surface area contributed by atoms with Crippen LogP contribution in [0.2, 0.25) is 0 Å². The SMILES string of the molecule is Fc1cccc(F)c1C1=NC(c2ccc(CSc3nc4ccccc4s3)cc2)CO1. The molecule has 150 valence electrons. The molecule has 1 aliphatic rings. The topological polar surface area (TPSA) is 34.5 Å². The van der Waals surface area contributed by atoms with Crippen molar-refractivity contribution in [2.75, 3.05) is 6.61 Å². The standard InChI is InChI=1S/C23H16F2N2OS2/c24-16-4-3-5-17(25)21(16)22-26-19(12-28-22)15-10-8-14(9-11-15)13-29-23-27-18-6-1-2-7-20(18)30-23/h1-11,19H,12-13H2. The highest BCUT2D eigenvalue weighted by atomic mass is 32.2. The van der Waals surface area contributed by atoms with Crippen molar-refractivity contribution in [1.82, 2.24) is 4.98 Å². The molecule has 1 atom stereocenters. The summed E-state index contributed by atoms with van der Waals surface area (Å²) < 4.78 is 35.7. The van der Waals surface area contributed by atoms with Crippen molar-refractivity contribution < 1.29 is 13.5 Å². The highest BCUT2D eigenvalue weighted by Crippen LogP contribution is 2.32. The molecule has 0 fully saturated rings. The second-order valence-electron chi connectivity index (χ2n) is 6.84. The maximum atomic E-state index is 14.0. The summed E-state index contributed by atoms with van der Waals surface area (Å²) >= 11 is 3.41. The van der Waals surface area contributed by atoms with E-state index >= 15 is 0 Å². The Morgan fingerprint density at radius 1 is 0.967 bits per heavy atom. The van der Waals surface area contributed by atoms with Gasteiger partial charge in [-0.2, -0.15) is 0 Å². The molecule has 0 saturated carbocycles. The minimum Gasteiger partial charge on any atom is -0.475 e. The molecule has 0 amide bonds. The fourth-order valence-electron chi connectivity index (χ4n) is 3.28. The van der Waals surface area contributed by atoms with E-state index in [1.807, 2.05) is 42.5 Å². The summed E-state index contributed by atoms with van der Waals surface area (Å²) in [7, 11) is 0. The maximum absolute atomic E-state index is 14.0. The molecule has 1 aliphatic heterocycles. The molecule has 0 spiro atoms. The van der Waals surface area contributed by atoms with Crippen molar-refractivity contribution in [3.63, 3.8) is 0 Å². The van der Waals surface area contributed by atoms with Crippen molar-refractivity contribution in [3.05, 3.63) is 95.1 Å². The van der Waals surface area contributed by atoms with Crippen LogP contribution in [0.3, 0.4) is 0 Å². The van der Waals surface area contributed by atoms with E-state index in [2.05, 4.69) is 16.0 Å². The minimum absolute atomic E-state index is 0.0195. The fraction of sp³-hybridized carbons (Fsp3) is 0.130. The van der Waals surface area contributed by atoms with Gasteiger partial charge in [-0.1, -0.05) is 54.2 Å². The highest BCUT2D eigenvalue weighted by molar-refractivity contribution is 8.00. The number of fused-ring (bicyclic) bond motifs is 1. The largest absolute Gasteiger partial charge is 0.475 e. The molecule has 7 heteroatoms. The molecule has 1 aromatic heterocycles. The number of thiazole rings is 1. The second-order valence-corrected chi connectivity index (χ2v) is 9.09. The van der Waals surface area contributed by atoms with E-state index in [1.165, 1.54) is 28.5 Å². The van der Waals surface area contributed by atoms with Crippen LogP contribution in [0.5, 0.6) is 0 Å². The van der Waals surface area contributed by atoms with E-state index in [4.69, 9.17) is 4.74 Å². The summed E-state index contributed by atoms with van der Waals surface area (Å²) in [6.45, 7) is 0.267. The van der Waals surface area contributed by atoms with Crippen LogP contribution in [0.15, 0.2) is 76.1 Å². The lowest BCUT2D eigenvalue weighted by atomic mass is 10.1. The van der Waals surface area contributed by atoms with E-state index in [0.29, 0.717) is 0 Å². The average Bonchev–Trinajstić information content (AvgIpc) is 3.40. The molecule has 0 aliphatic carbocycles. The summed E-state index contributed by atoms with van der Waals surface area (Å²) in [5.74, 6) is -0.504. The monoisotopic (exact) mass is 438 g/mol. The minimum atomic E-state index is -0.670. The molecule has 30 heavy (non-hydrogen) atoms. The smallest absolute Gasteiger partial charge is 0.222 e. The number of halogens is 2. The lowest BCUT2D eigenvalue weighted by Gasteiger charge is -2.06. The van der Waals surface area contributed by atoms with Crippen LogP contribution in [0.1, 0.15) is 22.7 Å². The average molecular weight is 439 g/mol. The van der Waals surface area contributed by atoms with E-state index in [-0.39, 0.29) is 24.1 Å². The van der Waals surface area contributed by atoms with Gasteiger partial charge in [-0.25, -0.2) is 18.8 Å². The number of thioether (sulfide) groups is 1. The first-order valence-electron chi connectivity index (χ1n) is 9.39. The number of benzene rings is 3. The van der Waals surface area contributed by atoms with Gasteiger partial charge in [-0.05, 0) is 35.4 Å². The number of rotatable bonds is 5. The zero-order chi connectivity index (χ0) is 20.5. The Morgan fingerprint density at radius 2 is 1.73 bits per heavy atom. The van der Waals surface area contributed by atoms with Gasteiger partial charge in [0, 0.05) is 5.75 Å². The molecule has 0 saturated heterocycles. The number of aromatic nitrogens is 1. The third-order valence-electron chi connectivity index (χ3n) is 4.83. The number of hydrogen-bond donors (Lipinski definition) is 0. The van der Waals surface area contributed by atoms with Crippen molar-refractivity contribution in [2.24, 2.45) is 4.99 Å². The highest BCUT2D eigenvalue weighted by Gasteiger charge is 2.26. The number of hydrogen-bond acceptors (Lipinski definition) is 5. The fourth-order valence-corrected chi connectivity index (χ4v) is 5.30. The van der Waals surface area contributed by atoms with Crippen LogP contribution >= 0.6 is 23.1 Å². The Balaban J connectivity index is 1.27.